The Bertz CT molecular complexity index is 617. The van der Waals surface area contributed by atoms with Gasteiger partial charge in [0.2, 0.25) is 0 Å². The molecule has 0 atom stereocenters. The largest absolute Gasteiger partial charge is 0.271 e. The molecule has 2 rings (SSSR count). The zero-order valence-corrected chi connectivity index (χ0v) is 11.4. The normalized spacial score (nSPS) is 11.4. The van der Waals surface area contributed by atoms with Gasteiger partial charge in [-0.1, -0.05) is 0 Å². The van der Waals surface area contributed by atoms with Crippen molar-refractivity contribution >= 4 is 23.0 Å². The van der Waals surface area contributed by atoms with Crippen molar-refractivity contribution in [3.63, 3.8) is 0 Å². The number of nitrogens with zero attached hydrogens (tertiary/aromatic N) is 1. The third-order valence-corrected chi connectivity index (χ3v) is 3.64. The van der Waals surface area contributed by atoms with Crippen LogP contribution in [0.25, 0.3) is 0 Å². The van der Waals surface area contributed by atoms with Gasteiger partial charge in [0.25, 0.3) is 5.91 Å². The van der Waals surface area contributed by atoms with Gasteiger partial charge in [-0.15, -0.1) is 11.3 Å². The molecule has 0 aliphatic heterocycles. The van der Waals surface area contributed by atoms with Gasteiger partial charge in [0.15, 0.2) is 0 Å². The number of aryl methyl sites for hydroxylation is 1. The van der Waals surface area contributed by atoms with E-state index in [1.807, 2.05) is 26.0 Å². The standard InChI is InChI=1S/C14H13FN2OS/c1-9-3-8-13(19-9)10(2)16-17-14(18)11-4-6-12(15)7-5-11/h3-8H,1-2H3,(H,17,18)/b16-10+. The number of halogens is 1. The molecule has 1 N–H and O–H groups in total. The van der Waals surface area contributed by atoms with Crippen LogP contribution in [0.5, 0.6) is 0 Å². The summed E-state index contributed by atoms with van der Waals surface area (Å²) in [5, 5.41) is 4.04. The van der Waals surface area contributed by atoms with E-state index in [0.29, 0.717) is 5.56 Å². The first-order chi connectivity index (χ1) is 9.06. The number of benzene rings is 1. The number of hydrogen-bond donors (Lipinski definition) is 1. The molecule has 5 heteroatoms. The van der Waals surface area contributed by atoms with Crippen LogP contribution < -0.4 is 5.43 Å². The van der Waals surface area contributed by atoms with Crippen LogP contribution >= 0.6 is 11.3 Å². The first-order valence-corrected chi connectivity index (χ1v) is 6.55. The lowest BCUT2D eigenvalue weighted by molar-refractivity contribution is 0.0955. The number of carbonyl (C=O) groups excluding carboxylic acids is 1. The maximum atomic E-state index is 12.7. The predicted molar refractivity (Wildman–Crippen MR) is 75.1 cm³/mol. The molecule has 0 aliphatic rings. The number of thiophene rings is 1. The van der Waals surface area contributed by atoms with E-state index in [4.69, 9.17) is 0 Å². The van der Waals surface area contributed by atoms with Crippen molar-refractivity contribution in [1.29, 1.82) is 0 Å². The van der Waals surface area contributed by atoms with Crippen LogP contribution in [-0.2, 0) is 0 Å². The Morgan fingerprint density at radius 3 is 2.47 bits per heavy atom. The van der Waals surface area contributed by atoms with Crippen molar-refractivity contribution in [2.24, 2.45) is 5.10 Å². The van der Waals surface area contributed by atoms with Crippen molar-refractivity contribution in [2.75, 3.05) is 0 Å². The second-order valence-corrected chi connectivity index (χ2v) is 5.34. The van der Waals surface area contributed by atoms with E-state index in [1.165, 1.54) is 29.1 Å². The molecule has 0 spiro atoms. The lowest BCUT2D eigenvalue weighted by atomic mass is 10.2. The second-order valence-electron chi connectivity index (χ2n) is 4.06. The highest BCUT2D eigenvalue weighted by Crippen LogP contribution is 2.15. The Balaban J connectivity index is 2.05. The van der Waals surface area contributed by atoms with E-state index >= 15 is 0 Å². The summed E-state index contributed by atoms with van der Waals surface area (Å²) < 4.78 is 12.7. The Morgan fingerprint density at radius 1 is 1.21 bits per heavy atom. The highest BCUT2D eigenvalue weighted by Gasteiger charge is 2.05. The summed E-state index contributed by atoms with van der Waals surface area (Å²) in [7, 11) is 0. The number of hydrazone groups is 1. The second kappa shape index (κ2) is 5.75. The highest BCUT2D eigenvalue weighted by molar-refractivity contribution is 7.14. The average molecular weight is 276 g/mol. The fraction of sp³-hybridized carbons (Fsp3) is 0.143. The van der Waals surface area contributed by atoms with Crippen molar-refractivity contribution in [3.05, 3.63) is 57.5 Å². The Morgan fingerprint density at radius 2 is 1.89 bits per heavy atom. The zero-order chi connectivity index (χ0) is 13.8. The van der Waals surface area contributed by atoms with Crippen molar-refractivity contribution in [3.8, 4) is 0 Å². The molecule has 0 saturated carbocycles. The molecule has 0 fully saturated rings. The molecule has 98 valence electrons. The molecule has 1 aromatic carbocycles. The SMILES string of the molecule is C/C(=N\NC(=O)c1ccc(F)cc1)c1ccc(C)s1. The highest BCUT2D eigenvalue weighted by atomic mass is 32.1. The van der Waals surface area contributed by atoms with Crippen LogP contribution in [0.1, 0.15) is 27.0 Å². The molecule has 2 aromatic rings. The Hall–Kier alpha value is -2.01. The molecule has 0 aliphatic carbocycles. The zero-order valence-electron chi connectivity index (χ0n) is 10.6. The molecule has 0 saturated heterocycles. The molecule has 1 amide bonds. The first kappa shape index (κ1) is 13.4. The third kappa shape index (κ3) is 3.48. The topological polar surface area (TPSA) is 41.5 Å². The predicted octanol–water partition coefficient (Wildman–Crippen LogP) is 3.35. The minimum absolute atomic E-state index is 0.354. The van der Waals surface area contributed by atoms with Crippen molar-refractivity contribution in [2.45, 2.75) is 13.8 Å². The minimum atomic E-state index is -0.370. The molecular weight excluding hydrogens is 263 g/mol. The molecule has 3 nitrogen and oxygen atoms in total. The van der Waals surface area contributed by atoms with Crippen LogP contribution in [0.15, 0.2) is 41.5 Å². The number of amides is 1. The number of hydrogen-bond acceptors (Lipinski definition) is 3. The number of nitrogens with one attached hydrogen (secondary N) is 1. The molecular formula is C14H13FN2OS. The number of rotatable bonds is 3. The summed E-state index contributed by atoms with van der Waals surface area (Å²) in [5.74, 6) is -0.724. The van der Waals surface area contributed by atoms with E-state index in [9.17, 15) is 9.18 Å². The lowest BCUT2D eigenvalue weighted by Crippen LogP contribution is -2.19. The fourth-order valence-corrected chi connectivity index (χ4v) is 2.30. The van der Waals surface area contributed by atoms with Gasteiger partial charge in [-0.25, -0.2) is 9.82 Å². The lowest BCUT2D eigenvalue weighted by Gasteiger charge is -2.01. The van der Waals surface area contributed by atoms with Gasteiger partial charge in [0, 0.05) is 10.4 Å². The smallest absolute Gasteiger partial charge is 0.267 e. The van der Waals surface area contributed by atoms with E-state index in [1.54, 1.807) is 11.3 Å². The maximum Gasteiger partial charge on any atom is 0.271 e. The van der Waals surface area contributed by atoms with Gasteiger partial charge in [-0.2, -0.15) is 5.10 Å². The van der Waals surface area contributed by atoms with Gasteiger partial charge in [0.1, 0.15) is 5.82 Å². The van der Waals surface area contributed by atoms with Crippen LogP contribution in [0.3, 0.4) is 0 Å². The quantitative estimate of drug-likeness (QED) is 0.678. The van der Waals surface area contributed by atoms with Gasteiger partial charge >= 0.3 is 0 Å². The molecule has 1 heterocycles. The molecule has 0 bridgehead atoms. The van der Waals surface area contributed by atoms with Gasteiger partial charge in [0.05, 0.1) is 10.6 Å². The number of carbonyl (C=O) groups is 1. The molecule has 0 unspecified atom stereocenters. The average Bonchev–Trinajstić information content (AvgIpc) is 2.83. The Labute approximate surface area is 114 Å². The summed E-state index contributed by atoms with van der Waals surface area (Å²) in [4.78, 5) is 14.0. The fourth-order valence-electron chi connectivity index (χ4n) is 1.48. The first-order valence-electron chi connectivity index (χ1n) is 5.73. The van der Waals surface area contributed by atoms with E-state index in [2.05, 4.69) is 10.5 Å². The minimum Gasteiger partial charge on any atom is -0.267 e. The summed E-state index contributed by atoms with van der Waals surface area (Å²) in [6.45, 7) is 3.84. The van der Waals surface area contributed by atoms with Crippen LogP contribution in [-0.4, -0.2) is 11.6 Å². The third-order valence-electron chi connectivity index (χ3n) is 2.53. The van der Waals surface area contributed by atoms with E-state index < -0.39 is 0 Å². The maximum absolute atomic E-state index is 12.7. The molecule has 19 heavy (non-hydrogen) atoms. The molecule has 0 radical (unpaired) electrons. The van der Waals surface area contributed by atoms with E-state index in [-0.39, 0.29) is 11.7 Å². The van der Waals surface area contributed by atoms with E-state index in [0.717, 1.165) is 10.6 Å². The summed E-state index contributed by atoms with van der Waals surface area (Å²) >= 11 is 1.61. The van der Waals surface area contributed by atoms with Gasteiger partial charge in [-0.3, -0.25) is 4.79 Å². The van der Waals surface area contributed by atoms with Crippen molar-refractivity contribution in [1.82, 2.24) is 5.43 Å². The van der Waals surface area contributed by atoms with Crippen molar-refractivity contribution < 1.29 is 9.18 Å². The van der Waals surface area contributed by atoms with Gasteiger partial charge < -0.3 is 0 Å². The van der Waals surface area contributed by atoms with Crippen LogP contribution in [0.4, 0.5) is 4.39 Å². The van der Waals surface area contributed by atoms with Crippen LogP contribution in [0.2, 0.25) is 0 Å². The monoisotopic (exact) mass is 276 g/mol. The Kier molecular flexibility index (Phi) is 4.06. The molecule has 1 aromatic heterocycles. The summed E-state index contributed by atoms with van der Waals surface area (Å²) in [5.41, 5.74) is 3.58. The van der Waals surface area contributed by atoms with Gasteiger partial charge in [-0.05, 0) is 50.2 Å². The summed E-state index contributed by atoms with van der Waals surface area (Å²) in [6, 6.07) is 9.29. The van der Waals surface area contributed by atoms with Crippen LogP contribution in [0, 0.1) is 12.7 Å². The summed E-state index contributed by atoms with van der Waals surface area (Å²) in [6.07, 6.45) is 0.